The molecule has 0 aliphatic carbocycles. The van der Waals surface area contributed by atoms with Crippen LogP contribution in [0, 0.1) is 6.92 Å². The summed E-state index contributed by atoms with van der Waals surface area (Å²) in [6.45, 7) is 2.51. The molecule has 1 fully saturated rings. The van der Waals surface area contributed by atoms with Crippen LogP contribution in [0.25, 0.3) is 0 Å². The first-order valence-electron chi connectivity index (χ1n) is 7.77. The molecule has 0 bridgehead atoms. The number of carbonyl (C=O) groups excluding carboxylic acids is 1. The van der Waals surface area contributed by atoms with Gasteiger partial charge in [-0.25, -0.2) is 4.79 Å². The number of aromatic carboxylic acids is 1. The van der Waals surface area contributed by atoms with Crippen LogP contribution in [0.4, 0.5) is 0 Å². The van der Waals surface area contributed by atoms with Crippen LogP contribution in [0.15, 0.2) is 48.5 Å². The minimum absolute atomic E-state index is 0.0671. The zero-order valence-electron chi connectivity index (χ0n) is 13.0. The number of amides is 1. The van der Waals surface area contributed by atoms with Gasteiger partial charge in [-0.3, -0.25) is 4.79 Å². The SMILES string of the molecule is Cc1cc(C(=O)O)cc(C(=O)N2CCCC2c2ccccc2)c1. The predicted molar refractivity (Wildman–Crippen MR) is 87.6 cm³/mol. The van der Waals surface area contributed by atoms with Crippen LogP contribution in [0.3, 0.4) is 0 Å². The molecule has 118 valence electrons. The molecule has 0 radical (unpaired) electrons. The number of hydrogen-bond donors (Lipinski definition) is 1. The van der Waals surface area contributed by atoms with Crippen molar-refractivity contribution in [3.05, 3.63) is 70.8 Å². The lowest BCUT2D eigenvalue weighted by atomic mass is 10.0. The fourth-order valence-electron chi connectivity index (χ4n) is 3.23. The summed E-state index contributed by atoms with van der Waals surface area (Å²) < 4.78 is 0. The number of nitrogens with zero attached hydrogens (tertiary/aromatic N) is 1. The average Bonchev–Trinajstić information content (AvgIpc) is 3.04. The highest BCUT2D eigenvalue weighted by molar-refractivity contribution is 5.98. The normalized spacial score (nSPS) is 17.3. The third kappa shape index (κ3) is 3.11. The van der Waals surface area contributed by atoms with Gasteiger partial charge >= 0.3 is 5.97 Å². The Bertz CT molecular complexity index is 740. The summed E-state index contributed by atoms with van der Waals surface area (Å²) in [5.41, 5.74) is 2.52. The van der Waals surface area contributed by atoms with E-state index in [-0.39, 0.29) is 17.5 Å². The first-order chi connectivity index (χ1) is 11.1. The van der Waals surface area contributed by atoms with E-state index in [1.165, 1.54) is 6.07 Å². The van der Waals surface area contributed by atoms with Crippen LogP contribution in [0.5, 0.6) is 0 Å². The van der Waals surface area contributed by atoms with Crippen molar-refractivity contribution in [2.24, 2.45) is 0 Å². The largest absolute Gasteiger partial charge is 0.478 e. The Morgan fingerprint density at radius 3 is 2.48 bits per heavy atom. The lowest BCUT2D eigenvalue weighted by Gasteiger charge is -2.25. The number of benzene rings is 2. The number of hydrogen-bond acceptors (Lipinski definition) is 2. The van der Waals surface area contributed by atoms with E-state index in [2.05, 4.69) is 0 Å². The Hall–Kier alpha value is -2.62. The summed E-state index contributed by atoms with van der Waals surface area (Å²) in [4.78, 5) is 26.0. The van der Waals surface area contributed by atoms with E-state index in [1.54, 1.807) is 12.1 Å². The molecule has 4 nitrogen and oxygen atoms in total. The molecule has 1 unspecified atom stereocenters. The van der Waals surface area contributed by atoms with Gasteiger partial charge in [0.1, 0.15) is 0 Å². The molecule has 3 rings (SSSR count). The van der Waals surface area contributed by atoms with Crippen LogP contribution in [-0.2, 0) is 0 Å². The first kappa shape index (κ1) is 15.3. The Kier molecular flexibility index (Phi) is 4.15. The van der Waals surface area contributed by atoms with E-state index in [9.17, 15) is 14.7 Å². The highest BCUT2D eigenvalue weighted by Crippen LogP contribution is 2.33. The molecule has 4 heteroatoms. The van der Waals surface area contributed by atoms with Crippen molar-refractivity contribution in [2.75, 3.05) is 6.54 Å². The third-order valence-electron chi connectivity index (χ3n) is 4.27. The Balaban J connectivity index is 1.92. The molecule has 0 saturated carbocycles. The highest BCUT2D eigenvalue weighted by atomic mass is 16.4. The summed E-state index contributed by atoms with van der Waals surface area (Å²) in [7, 11) is 0. The summed E-state index contributed by atoms with van der Waals surface area (Å²) in [6.07, 6.45) is 1.90. The van der Waals surface area contributed by atoms with E-state index in [0.29, 0.717) is 12.1 Å². The highest BCUT2D eigenvalue weighted by Gasteiger charge is 2.30. The molecule has 2 aromatic carbocycles. The third-order valence-corrected chi connectivity index (χ3v) is 4.27. The zero-order chi connectivity index (χ0) is 16.4. The maximum absolute atomic E-state index is 12.9. The van der Waals surface area contributed by atoms with Gasteiger partial charge in [-0.2, -0.15) is 0 Å². The number of aryl methyl sites for hydroxylation is 1. The number of carbonyl (C=O) groups is 2. The van der Waals surface area contributed by atoms with Crippen molar-refractivity contribution in [1.82, 2.24) is 4.90 Å². The lowest BCUT2D eigenvalue weighted by Crippen LogP contribution is -2.30. The fourth-order valence-corrected chi connectivity index (χ4v) is 3.23. The smallest absolute Gasteiger partial charge is 0.335 e. The second-order valence-corrected chi connectivity index (χ2v) is 5.96. The fraction of sp³-hybridized carbons (Fsp3) is 0.263. The van der Waals surface area contributed by atoms with Crippen LogP contribution >= 0.6 is 0 Å². The van der Waals surface area contributed by atoms with Crippen molar-refractivity contribution in [1.29, 1.82) is 0 Å². The molecule has 1 saturated heterocycles. The Labute approximate surface area is 135 Å². The van der Waals surface area contributed by atoms with Gasteiger partial charge in [0.15, 0.2) is 0 Å². The van der Waals surface area contributed by atoms with Crippen LogP contribution in [0.2, 0.25) is 0 Å². The minimum Gasteiger partial charge on any atom is -0.478 e. The van der Waals surface area contributed by atoms with Gasteiger partial charge in [-0.1, -0.05) is 30.3 Å². The topological polar surface area (TPSA) is 57.6 Å². The van der Waals surface area contributed by atoms with E-state index >= 15 is 0 Å². The standard InChI is InChI=1S/C19H19NO3/c1-13-10-15(12-16(11-13)19(22)23)18(21)20-9-5-8-17(20)14-6-3-2-4-7-14/h2-4,6-7,10-12,17H,5,8-9H2,1H3,(H,22,23). The summed E-state index contributed by atoms with van der Waals surface area (Å²) in [5.74, 6) is -1.11. The van der Waals surface area contributed by atoms with Crippen molar-refractivity contribution < 1.29 is 14.7 Å². The second-order valence-electron chi connectivity index (χ2n) is 5.96. The van der Waals surface area contributed by atoms with Gasteiger partial charge in [0, 0.05) is 12.1 Å². The van der Waals surface area contributed by atoms with Gasteiger partial charge in [0.25, 0.3) is 5.91 Å². The average molecular weight is 309 g/mol. The Morgan fingerprint density at radius 2 is 1.78 bits per heavy atom. The molecule has 1 aliphatic rings. The molecular weight excluding hydrogens is 290 g/mol. The van der Waals surface area contributed by atoms with Crippen molar-refractivity contribution in [3.63, 3.8) is 0 Å². The molecule has 1 N–H and O–H groups in total. The molecule has 1 heterocycles. The molecule has 1 atom stereocenters. The zero-order valence-corrected chi connectivity index (χ0v) is 13.0. The van der Waals surface area contributed by atoms with Crippen LogP contribution < -0.4 is 0 Å². The number of rotatable bonds is 3. The van der Waals surface area contributed by atoms with Crippen LogP contribution in [0.1, 0.15) is 50.7 Å². The van der Waals surface area contributed by atoms with E-state index in [0.717, 1.165) is 24.0 Å². The van der Waals surface area contributed by atoms with Crippen LogP contribution in [-0.4, -0.2) is 28.4 Å². The van der Waals surface area contributed by atoms with E-state index in [4.69, 9.17) is 0 Å². The number of likely N-dealkylation sites (tertiary alicyclic amines) is 1. The summed E-state index contributed by atoms with van der Waals surface area (Å²) in [5, 5.41) is 9.19. The predicted octanol–water partition coefficient (Wildman–Crippen LogP) is 3.67. The first-order valence-corrected chi connectivity index (χ1v) is 7.77. The minimum atomic E-state index is -1.01. The van der Waals surface area contributed by atoms with Gasteiger partial charge in [-0.05, 0) is 49.1 Å². The molecule has 1 aliphatic heterocycles. The molecule has 0 aromatic heterocycles. The second kappa shape index (κ2) is 6.24. The van der Waals surface area contributed by atoms with Gasteiger partial charge in [-0.15, -0.1) is 0 Å². The molecule has 0 spiro atoms. The number of carboxylic acid groups (broad SMARTS) is 1. The Morgan fingerprint density at radius 1 is 1.09 bits per heavy atom. The van der Waals surface area contributed by atoms with Crippen molar-refractivity contribution >= 4 is 11.9 Å². The maximum Gasteiger partial charge on any atom is 0.335 e. The van der Waals surface area contributed by atoms with Crippen molar-refractivity contribution in [3.8, 4) is 0 Å². The van der Waals surface area contributed by atoms with Crippen molar-refractivity contribution in [2.45, 2.75) is 25.8 Å². The summed E-state index contributed by atoms with van der Waals surface area (Å²) in [6, 6.07) is 14.9. The molecule has 2 aromatic rings. The van der Waals surface area contributed by atoms with Gasteiger partial charge in [0.05, 0.1) is 11.6 Å². The summed E-state index contributed by atoms with van der Waals surface area (Å²) >= 11 is 0. The van der Waals surface area contributed by atoms with E-state index in [1.807, 2.05) is 42.2 Å². The lowest BCUT2D eigenvalue weighted by molar-refractivity contribution is 0.0696. The number of carboxylic acids is 1. The molecular formula is C19H19NO3. The monoisotopic (exact) mass is 309 g/mol. The molecule has 1 amide bonds. The maximum atomic E-state index is 12.9. The quantitative estimate of drug-likeness (QED) is 0.941. The van der Waals surface area contributed by atoms with E-state index < -0.39 is 5.97 Å². The van der Waals surface area contributed by atoms with Gasteiger partial charge < -0.3 is 10.0 Å². The molecule has 23 heavy (non-hydrogen) atoms. The van der Waals surface area contributed by atoms with Gasteiger partial charge in [0.2, 0.25) is 0 Å².